The predicted molar refractivity (Wildman–Crippen MR) is 83.2 cm³/mol. The first-order valence-electron chi connectivity index (χ1n) is 7.17. The van der Waals surface area contributed by atoms with Crippen molar-refractivity contribution in [2.45, 2.75) is 39.7 Å². The van der Waals surface area contributed by atoms with Crippen LogP contribution in [0.5, 0.6) is 0 Å². The molecule has 5 nitrogen and oxygen atoms in total. The number of carboxylic acids is 1. The largest absolute Gasteiger partial charge is 0.480 e. The molecule has 0 aliphatic carbocycles. The molecule has 118 valence electrons. The van der Waals surface area contributed by atoms with Crippen LogP contribution in [-0.2, 0) is 9.53 Å². The molecule has 1 saturated heterocycles. The van der Waals surface area contributed by atoms with Crippen molar-refractivity contribution < 1.29 is 19.4 Å². The molecule has 1 aliphatic rings. The highest BCUT2D eigenvalue weighted by Crippen LogP contribution is 2.18. The molecule has 1 rings (SSSR count). The van der Waals surface area contributed by atoms with Crippen LogP contribution < -0.4 is 0 Å². The molecule has 0 aromatic heterocycles. The van der Waals surface area contributed by atoms with E-state index in [1.54, 1.807) is 18.2 Å². The summed E-state index contributed by atoms with van der Waals surface area (Å²) >= 11 is 0. The fourth-order valence-electron chi connectivity index (χ4n) is 1.85. The minimum Gasteiger partial charge on any atom is -0.480 e. The number of nitrogens with zero attached hydrogens (tertiary/aromatic N) is 1. The third-order valence-electron chi connectivity index (χ3n) is 2.82. The fourth-order valence-corrected chi connectivity index (χ4v) is 1.85. The summed E-state index contributed by atoms with van der Waals surface area (Å²) in [6.07, 6.45) is 7.65. The van der Waals surface area contributed by atoms with E-state index in [2.05, 4.69) is 6.58 Å². The molecule has 0 aromatic rings. The van der Waals surface area contributed by atoms with Crippen LogP contribution in [0.4, 0.5) is 4.79 Å². The van der Waals surface area contributed by atoms with Crippen molar-refractivity contribution in [2.24, 2.45) is 0 Å². The number of carbonyl (C=O) groups is 2. The smallest absolute Gasteiger partial charge is 0.410 e. The number of likely N-dealkylation sites (tertiary alicyclic amines) is 1. The van der Waals surface area contributed by atoms with Gasteiger partial charge in [0.15, 0.2) is 0 Å². The van der Waals surface area contributed by atoms with Gasteiger partial charge in [-0.05, 0) is 25.3 Å². The van der Waals surface area contributed by atoms with E-state index in [0.29, 0.717) is 19.4 Å². The van der Waals surface area contributed by atoms with Crippen LogP contribution in [0.15, 0.2) is 36.5 Å². The first kappa shape index (κ1) is 19.0. The highest BCUT2D eigenvalue weighted by atomic mass is 16.6. The van der Waals surface area contributed by atoms with E-state index < -0.39 is 18.1 Å². The summed E-state index contributed by atoms with van der Waals surface area (Å²) in [6.45, 7) is 9.97. The molecule has 1 amide bonds. The van der Waals surface area contributed by atoms with Gasteiger partial charge < -0.3 is 9.84 Å². The summed E-state index contributed by atoms with van der Waals surface area (Å²) in [7, 11) is 0. The number of hydrogen-bond acceptors (Lipinski definition) is 3. The van der Waals surface area contributed by atoms with E-state index in [4.69, 9.17) is 9.84 Å². The molecule has 1 heterocycles. The van der Waals surface area contributed by atoms with Crippen molar-refractivity contribution in [3.8, 4) is 0 Å². The van der Waals surface area contributed by atoms with E-state index in [1.165, 1.54) is 4.90 Å². The van der Waals surface area contributed by atoms with Gasteiger partial charge in [0.2, 0.25) is 0 Å². The van der Waals surface area contributed by atoms with Gasteiger partial charge >= 0.3 is 12.1 Å². The molecule has 0 radical (unpaired) electrons. The number of hydrogen-bond donors (Lipinski definition) is 1. The van der Waals surface area contributed by atoms with Gasteiger partial charge in [-0.3, -0.25) is 4.90 Å². The molecule has 0 spiro atoms. The van der Waals surface area contributed by atoms with Crippen LogP contribution in [0.1, 0.15) is 33.6 Å². The van der Waals surface area contributed by atoms with Gasteiger partial charge in [-0.1, -0.05) is 44.7 Å². The van der Waals surface area contributed by atoms with Gasteiger partial charge in [0.1, 0.15) is 12.6 Å². The van der Waals surface area contributed by atoms with Gasteiger partial charge in [0.05, 0.1) is 0 Å². The molecular formula is C16H25NO4. The van der Waals surface area contributed by atoms with E-state index in [1.807, 2.05) is 26.8 Å². The van der Waals surface area contributed by atoms with Crippen LogP contribution in [0.25, 0.3) is 0 Å². The third kappa shape index (κ3) is 6.79. The Bertz CT molecular complexity index is 413. The Labute approximate surface area is 126 Å². The van der Waals surface area contributed by atoms with Crippen molar-refractivity contribution in [3.63, 3.8) is 0 Å². The van der Waals surface area contributed by atoms with Crippen molar-refractivity contribution in [2.75, 3.05) is 13.2 Å². The number of allylic oxidation sites excluding steroid dienone is 4. The van der Waals surface area contributed by atoms with Crippen molar-refractivity contribution in [1.82, 2.24) is 4.90 Å². The van der Waals surface area contributed by atoms with E-state index in [-0.39, 0.29) is 6.61 Å². The zero-order chi connectivity index (χ0) is 16.3. The molecule has 5 heteroatoms. The van der Waals surface area contributed by atoms with Gasteiger partial charge in [0.25, 0.3) is 0 Å². The molecular weight excluding hydrogens is 270 g/mol. The second-order valence-electron chi connectivity index (χ2n) is 4.38. The Hall–Kier alpha value is -2.04. The molecule has 0 aromatic carbocycles. The van der Waals surface area contributed by atoms with Crippen LogP contribution in [0.3, 0.4) is 0 Å². The lowest BCUT2D eigenvalue weighted by atomic mass is 10.2. The summed E-state index contributed by atoms with van der Waals surface area (Å²) in [4.78, 5) is 24.0. The van der Waals surface area contributed by atoms with Crippen LogP contribution in [0.2, 0.25) is 0 Å². The second-order valence-corrected chi connectivity index (χ2v) is 4.38. The van der Waals surface area contributed by atoms with Gasteiger partial charge in [0, 0.05) is 6.54 Å². The topological polar surface area (TPSA) is 66.8 Å². The maximum Gasteiger partial charge on any atom is 0.410 e. The number of amides is 1. The average molecular weight is 295 g/mol. The van der Waals surface area contributed by atoms with Crippen molar-refractivity contribution in [1.29, 1.82) is 0 Å². The van der Waals surface area contributed by atoms with E-state index >= 15 is 0 Å². The lowest BCUT2D eigenvalue weighted by Gasteiger charge is -2.20. The Morgan fingerprint density at radius 1 is 1.38 bits per heavy atom. The molecule has 0 bridgehead atoms. The van der Waals surface area contributed by atoms with Crippen LogP contribution >= 0.6 is 0 Å². The maximum absolute atomic E-state index is 11.8. The van der Waals surface area contributed by atoms with E-state index in [0.717, 1.165) is 5.57 Å². The summed E-state index contributed by atoms with van der Waals surface area (Å²) < 4.78 is 5.09. The summed E-state index contributed by atoms with van der Waals surface area (Å²) in [5, 5.41) is 8.97. The van der Waals surface area contributed by atoms with Crippen LogP contribution in [0, 0.1) is 0 Å². The first-order chi connectivity index (χ1) is 10.1. The minimum atomic E-state index is -0.976. The van der Waals surface area contributed by atoms with Crippen LogP contribution in [-0.4, -0.2) is 41.3 Å². The van der Waals surface area contributed by atoms with E-state index in [9.17, 15) is 9.59 Å². The minimum absolute atomic E-state index is 0.156. The summed E-state index contributed by atoms with van der Waals surface area (Å²) in [5.74, 6) is -0.976. The monoisotopic (exact) mass is 295 g/mol. The summed E-state index contributed by atoms with van der Waals surface area (Å²) in [6, 6.07) is -0.752. The lowest BCUT2D eigenvalue weighted by molar-refractivity contribution is -0.141. The molecule has 1 fully saturated rings. The number of carbonyl (C=O) groups excluding carboxylic acids is 1. The molecule has 0 saturated carbocycles. The standard InChI is InChI=1S/C14H19NO4.C2H6/c1-3-4-5-7-11(2)10-19-14(18)15-9-6-8-12(15)13(16)17;1-2/h3-5,7,12H,1,6,8-10H2,2H3,(H,16,17);1-2H3/b5-4-,11-7+;. The molecule has 21 heavy (non-hydrogen) atoms. The average Bonchev–Trinajstić information content (AvgIpc) is 2.97. The molecule has 1 N–H and O–H groups in total. The molecule has 1 unspecified atom stereocenters. The fraction of sp³-hybridized carbons (Fsp3) is 0.500. The Balaban J connectivity index is 0.00000191. The zero-order valence-electron chi connectivity index (χ0n) is 13.0. The van der Waals surface area contributed by atoms with Gasteiger partial charge in [-0.2, -0.15) is 0 Å². The number of ether oxygens (including phenoxy) is 1. The maximum atomic E-state index is 11.8. The highest BCUT2D eigenvalue weighted by Gasteiger charge is 2.34. The lowest BCUT2D eigenvalue weighted by Crippen LogP contribution is -2.40. The highest BCUT2D eigenvalue weighted by molar-refractivity contribution is 5.80. The summed E-state index contributed by atoms with van der Waals surface area (Å²) in [5.41, 5.74) is 0.873. The second kappa shape index (κ2) is 10.7. The Morgan fingerprint density at radius 3 is 2.62 bits per heavy atom. The zero-order valence-corrected chi connectivity index (χ0v) is 13.0. The third-order valence-corrected chi connectivity index (χ3v) is 2.82. The number of aliphatic carboxylic acids is 1. The molecule has 1 aliphatic heterocycles. The Morgan fingerprint density at radius 2 is 2.05 bits per heavy atom. The quantitative estimate of drug-likeness (QED) is 0.789. The predicted octanol–water partition coefficient (Wildman–Crippen LogP) is 3.39. The van der Waals surface area contributed by atoms with Crippen molar-refractivity contribution >= 4 is 12.1 Å². The Kier molecular flexibility index (Phi) is 9.67. The van der Waals surface area contributed by atoms with Crippen molar-refractivity contribution in [3.05, 3.63) is 36.5 Å². The first-order valence-corrected chi connectivity index (χ1v) is 7.17. The SMILES string of the molecule is C=C/C=C\C=C(/C)COC(=O)N1CCCC1C(=O)O.CC. The number of rotatable bonds is 5. The van der Waals surface area contributed by atoms with Gasteiger partial charge in [-0.15, -0.1) is 0 Å². The normalized spacial score (nSPS) is 18.1. The number of carboxylic acid groups (broad SMARTS) is 1. The molecule has 1 atom stereocenters. The van der Waals surface area contributed by atoms with Gasteiger partial charge in [-0.25, -0.2) is 9.59 Å².